The summed E-state index contributed by atoms with van der Waals surface area (Å²) in [4.78, 5) is 10.7. The predicted molar refractivity (Wildman–Crippen MR) is 78.4 cm³/mol. The highest BCUT2D eigenvalue weighted by molar-refractivity contribution is 5.51. The number of ether oxygens (including phenoxy) is 1. The lowest BCUT2D eigenvalue weighted by Crippen LogP contribution is -1.95. The summed E-state index contributed by atoms with van der Waals surface area (Å²) in [6, 6.07) is 11.9. The van der Waals surface area contributed by atoms with Crippen molar-refractivity contribution in [1.29, 1.82) is 5.26 Å². The molecule has 0 aliphatic rings. The molecule has 0 heterocycles. The first-order valence-corrected chi connectivity index (χ1v) is 6.51. The summed E-state index contributed by atoms with van der Waals surface area (Å²) in [5.41, 5.74) is 2.14. The SMILES string of the molecule is CCc1ccc(Oc2ccc(C#N)c(C)c2)c([N+](=O)[O-])c1. The lowest BCUT2D eigenvalue weighted by Gasteiger charge is -2.08. The average Bonchev–Trinajstić information content (AvgIpc) is 2.47. The van der Waals surface area contributed by atoms with Crippen LogP contribution in [-0.4, -0.2) is 4.92 Å². The molecule has 0 bridgehead atoms. The van der Waals surface area contributed by atoms with E-state index in [1.807, 2.05) is 6.92 Å². The quantitative estimate of drug-likeness (QED) is 0.624. The number of nitro groups is 1. The van der Waals surface area contributed by atoms with Gasteiger partial charge in [0.2, 0.25) is 5.75 Å². The Kier molecular flexibility index (Phi) is 4.19. The smallest absolute Gasteiger partial charge is 0.311 e. The maximum atomic E-state index is 11.1. The van der Waals surface area contributed by atoms with Gasteiger partial charge < -0.3 is 4.74 Å². The zero-order valence-corrected chi connectivity index (χ0v) is 11.8. The summed E-state index contributed by atoms with van der Waals surface area (Å²) < 4.78 is 5.60. The summed E-state index contributed by atoms with van der Waals surface area (Å²) in [6.07, 6.45) is 0.719. The van der Waals surface area contributed by atoms with Crippen molar-refractivity contribution >= 4 is 5.69 Å². The third-order valence-corrected chi connectivity index (χ3v) is 3.17. The molecule has 0 saturated heterocycles. The molecule has 0 amide bonds. The van der Waals surface area contributed by atoms with Crippen LogP contribution in [0.2, 0.25) is 0 Å². The average molecular weight is 282 g/mol. The molecule has 5 heteroatoms. The second-order valence-electron chi connectivity index (χ2n) is 4.60. The van der Waals surface area contributed by atoms with Gasteiger partial charge in [0.1, 0.15) is 5.75 Å². The summed E-state index contributed by atoms with van der Waals surface area (Å²) in [6.45, 7) is 3.73. The molecule has 5 nitrogen and oxygen atoms in total. The molecule has 0 spiro atoms. The van der Waals surface area contributed by atoms with E-state index in [-0.39, 0.29) is 11.4 Å². The highest BCUT2D eigenvalue weighted by Gasteiger charge is 2.16. The molecule has 21 heavy (non-hydrogen) atoms. The maximum Gasteiger partial charge on any atom is 0.311 e. The van der Waals surface area contributed by atoms with E-state index in [9.17, 15) is 10.1 Å². The van der Waals surface area contributed by atoms with Gasteiger partial charge in [0.15, 0.2) is 0 Å². The Labute approximate surface area is 122 Å². The monoisotopic (exact) mass is 282 g/mol. The van der Waals surface area contributed by atoms with Crippen LogP contribution in [0.3, 0.4) is 0 Å². The minimum Gasteiger partial charge on any atom is -0.450 e. The summed E-state index contributed by atoms with van der Waals surface area (Å²) in [5, 5.41) is 20.0. The van der Waals surface area contributed by atoms with Crippen LogP contribution in [-0.2, 0) is 6.42 Å². The number of rotatable bonds is 4. The van der Waals surface area contributed by atoms with E-state index in [0.29, 0.717) is 11.3 Å². The van der Waals surface area contributed by atoms with Crippen molar-refractivity contribution in [2.24, 2.45) is 0 Å². The lowest BCUT2D eigenvalue weighted by atomic mass is 10.1. The van der Waals surface area contributed by atoms with Crippen molar-refractivity contribution in [3.05, 3.63) is 63.2 Å². The molecular formula is C16H14N2O3. The van der Waals surface area contributed by atoms with Crippen LogP contribution in [0.5, 0.6) is 11.5 Å². The van der Waals surface area contributed by atoms with Crippen LogP contribution in [0, 0.1) is 28.4 Å². The number of hydrogen-bond acceptors (Lipinski definition) is 4. The first-order valence-electron chi connectivity index (χ1n) is 6.51. The molecule has 0 radical (unpaired) electrons. The van der Waals surface area contributed by atoms with Crippen molar-refractivity contribution < 1.29 is 9.66 Å². The van der Waals surface area contributed by atoms with E-state index in [0.717, 1.165) is 17.5 Å². The molecular weight excluding hydrogens is 268 g/mol. The molecule has 2 rings (SSSR count). The second kappa shape index (κ2) is 6.06. The standard InChI is InChI=1S/C16H14N2O3/c1-3-12-4-7-16(15(9-12)18(19)20)21-14-6-5-13(10-17)11(2)8-14/h4-9H,3H2,1-2H3. The predicted octanol–water partition coefficient (Wildman–Crippen LogP) is 4.13. The van der Waals surface area contributed by atoms with Gasteiger partial charge in [-0.2, -0.15) is 5.26 Å². The molecule has 0 aromatic heterocycles. The minimum atomic E-state index is -0.453. The Morgan fingerprint density at radius 2 is 2.05 bits per heavy atom. The van der Waals surface area contributed by atoms with Gasteiger partial charge in [0, 0.05) is 6.07 Å². The number of nitrogens with zero attached hydrogens (tertiary/aromatic N) is 2. The van der Waals surface area contributed by atoms with Gasteiger partial charge in [0.05, 0.1) is 16.6 Å². The summed E-state index contributed by atoms with van der Waals surface area (Å²) >= 11 is 0. The van der Waals surface area contributed by atoms with E-state index in [1.54, 1.807) is 37.3 Å². The second-order valence-corrected chi connectivity index (χ2v) is 4.60. The van der Waals surface area contributed by atoms with E-state index in [4.69, 9.17) is 10.00 Å². The Hall–Kier alpha value is -2.87. The summed E-state index contributed by atoms with van der Waals surface area (Å²) in [7, 11) is 0. The van der Waals surface area contributed by atoms with Gasteiger partial charge in [-0.1, -0.05) is 13.0 Å². The maximum absolute atomic E-state index is 11.1. The fourth-order valence-electron chi connectivity index (χ4n) is 1.96. The van der Waals surface area contributed by atoms with Crippen LogP contribution in [0.1, 0.15) is 23.6 Å². The van der Waals surface area contributed by atoms with Crippen molar-refractivity contribution in [2.45, 2.75) is 20.3 Å². The molecule has 0 saturated carbocycles. The Balaban J connectivity index is 2.37. The molecule has 0 N–H and O–H groups in total. The molecule has 2 aromatic carbocycles. The minimum absolute atomic E-state index is 0.0589. The van der Waals surface area contributed by atoms with Gasteiger partial charge in [-0.25, -0.2) is 0 Å². The first-order chi connectivity index (χ1) is 10.0. The van der Waals surface area contributed by atoms with E-state index < -0.39 is 4.92 Å². The van der Waals surface area contributed by atoms with Gasteiger partial charge in [-0.05, 0) is 48.7 Å². The molecule has 0 fully saturated rings. The molecule has 0 unspecified atom stereocenters. The fraction of sp³-hybridized carbons (Fsp3) is 0.188. The Morgan fingerprint density at radius 3 is 2.62 bits per heavy atom. The van der Waals surface area contributed by atoms with Crippen LogP contribution in [0.15, 0.2) is 36.4 Å². The molecule has 2 aromatic rings. The number of nitro benzene ring substituents is 1. The molecule has 0 atom stereocenters. The van der Waals surface area contributed by atoms with Crippen molar-refractivity contribution in [1.82, 2.24) is 0 Å². The van der Waals surface area contributed by atoms with Gasteiger partial charge in [-0.3, -0.25) is 10.1 Å². The first kappa shape index (κ1) is 14.5. The topological polar surface area (TPSA) is 76.2 Å². The number of benzene rings is 2. The van der Waals surface area contributed by atoms with Crippen LogP contribution >= 0.6 is 0 Å². The van der Waals surface area contributed by atoms with E-state index in [1.165, 1.54) is 6.07 Å². The molecule has 0 aliphatic carbocycles. The molecule has 106 valence electrons. The number of hydrogen-bond donors (Lipinski definition) is 0. The Bertz CT molecular complexity index is 733. The highest BCUT2D eigenvalue weighted by Crippen LogP contribution is 2.32. The van der Waals surface area contributed by atoms with Gasteiger partial charge in [0.25, 0.3) is 0 Å². The van der Waals surface area contributed by atoms with E-state index >= 15 is 0 Å². The van der Waals surface area contributed by atoms with Crippen LogP contribution < -0.4 is 4.74 Å². The van der Waals surface area contributed by atoms with Crippen molar-refractivity contribution in [3.8, 4) is 17.6 Å². The van der Waals surface area contributed by atoms with Crippen LogP contribution in [0.4, 0.5) is 5.69 Å². The van der Waals surface area contributed by atoms with E-state index in [2.05, 4.69) is 6.07 Å². The lowest BCUT2D eigenvalue weighted by molar-refractivity contribution is -0.385. The molecule has 0 aliphatic heterocycles. The summed E-state index contributed by atoms with van der Waals surface area (Å²) in [5.74, 6) is 0.667. The number of aryl methyl sites for hydroxylation is 2. The third kappa shape index (κ3) is 3.18. The zero-order chi connectivity index (χ0) is 15.4. The number of nitriles is 1. The normalized spacial score (nSPS) is 9.95. The van der Waals surface area contributed by atoms with Crippen molar-refractivity contribution in [2.75, 3.05) is 0 Å². The Morgan fingerprint density at radius 1 is 1.29 bits per heavy atom. The van der Waals surface area contributed by atoms with Gasteiger partial charge in [-0.15, -0.1) is 0 Å². The van der Waals surface area contributed by atoms with Gasteiger partial charge >= 0.3 is 5.69 Å². The fourth-order valence-corrected chi connectivity index (χ4v) is 1.96. The van der Waals surface area contributed by atoms with Crippen LogP contribution in [0.25, 0.3) is 0 Å². The largest absolute Gasteiger partial charge is 0.450 e. The van der Waals surface area contributed by atoms with Crippen molar-refractivity contribution in [3.63, 3.8) is 0 Å². The highest BCUT2D eigenvalue weighted by atomic mass is 16.6. The third-order valence-electron chi connectivity index (χ3n) is 3.17. The zero-order valence-electron chi connectivity index (χ0n) is 11.8.